The monoisotopic (exact) mass is 624 g/mol. The summed E-state index contributed by atoms with van der Waals surface area (Å²) in [6, 6.07) is 3.47. The number of hydrogen-bond acceptors (Lipinski definition) is 7. The van der Waals surface area contributed by atoms with Crippen LogP contribution in [-0.4, -0.2) is 52.5 Å². The maximum absolute atomic E-state index is 15.5. The van der Waals surface area contributed by atoms with Crippen LogP contribution < -0.4 is 10.6 Å². The number of aromatic nitrogens is 4. The molecule has 2 aliphatic rings. The van der Waals surface area contributed by atoms with E-state index >= 15 is 4.39 Å². The molecule has 0 unspecified atom stereocenters. The van der Waals surface area contributed by atoms with E-state index in [0.717, 1.165) is 37.4 Å². The van der Waals surface area contributed by atoms with Crippen LogP contribution in [0.5, 0.6) is 0 Å². The number of hydrogen-bond donors (Lipinski definition) is 2. The van der Waals surface area contributed by atoms with Gasteiger partial charge in [-0.15, -0.1) is 0 Å². The van der Waals surface area contributed by atoms with E-state index in [1.807, 2.05) is 27.7 Å². The first-order valence-corrected chi connectivity index (χ1v) is 19.4. The molecule has 12 heteroatoms. The number of carbonyl (C=O) groups is 2. The van der Waals surface area contributed by atoms with Crippen molar-refractivity contribution in [2.45, 2.75) is 97.8 Å². The molecule has 2 N–H and O–H groups in total. The van der Waals surface area contributed by atoms with Crippen molar-refractivity contribution in [3.63, 3.8) is 0 Å². The summed E-state index contributed by atoms with van der Waals surface area (Å²) in [6.45, 7) is 15.4. The Hall–Kier alpha value is -3.38. The number of anilines is 1. The van der Waals surface area contributed by atoms with E-state index in [1.165, 1.54) is 6.26 Å². The topological polar surface area (TPSA) is 124 Å². The molecule has 0 aromatic carbocycles. The molecule has 3 heterocycles. The third-order valence-corrected chi connectivity index (χ3v) is 10.3. The minimum absolute atomic E-state index is 0.00882. The highest BCUT2D eigenvalue weighted by molar-refractivity contribution is 6.76. The van der Waals surface area contributed by atoms with Crippen LogP contribution in [0.2, 0.25) is 25.7 Å². The molecule has 10 nitrogen and oxygen atoms in total. The lowest BCUT2D eigenvalue weighted by atomic mass is 9.88. The minimum atomic E-state index is -1.21. The summed E-state index contributed by atoms with van der Waals surface area (Å²) < 4.78 is 28.2. The van der Waals surface area contributed by atoms with Gasteiger partial charge in [-0.3, -0.25) is 9.59 Å². The molecule has 0 aliphatic heterocycles. The molecule has 2 saturated carbocycles. The fourth-order valence-corrected chi connectivity index (χ4v) is 6.67. The van der Waals surface area contributed by atoms with Crippen molar-refractivity contribution >= 4 is 25.7 Å². The Labute approximate surface area is 259 Å². The third kappa shape index (κ3) is 7.45. The number of carbonyl (C=O) groups excluding carboxylic acids is 2. The normalized spacial score (nSPS) is 16.0. The number of halogens is 1. The largest absolute Gasteiger partial charge is 0.364 e. The van der Waals surface area contributed by atoms with Gasteiger partial charge in [-0.1, -0.05) is 38.6 Å². The molecule has 2 fully saturated rings. The van der Waals surface area contributed by atoms with E-state index in [0.29, 0.717) is 53.3 Å². The molecule has 0 saturated heterocycles. The molecule has 3 aromatic heterocycles. The van der Waals surface area contributed by atoms with Crippen LogP contribution in [0.1, 0.15) is 72.9 Å². The maximum atomic E-state index is 15.5. The smallest absolute Gasteiger partial charge is 0.257 e. The number of pyridine rings is 1. The van der Waals surface area contributed by atoms with Gasteiger partial charge in [-0.25, -0.2) is 9.67 Å². The molecule has 5 rings (SSSR count). The van der Waals surface area contributed by atoms with Gasteiger partial charge in [0.1, 0.15) is 30.4 Å². The van der Waals surface area contributed by atoms with Crippen molar-refractivity contribution in [1.82, 2.24) is 25.2 Å². The van der Waals surface area contributed by atoms with E-state index in [4.69, 9.17) is 9.26 Å². The summed E-state index contributed by atoms with van der Waals surface area (Å²) in [6.07, 6.45) is 5.45. The van der Waals surface area contributed by atoms with E-state index in [9.17, 15) is 9.59 Å². The lowest BCUT2D eigenvalue weighted by Gasteiger charge is -2.27. The summed E-state index contributed by atoms with van der Waals surface area (Å²) in [5, 5.41) is 14.3. The first-order valence-electron chi connectivity index (χ1n) is 15.7. The average Bonchev–Trinajstić information content (AvgIpc) is 3.88. The summed E-state index contributed by atoms with van der Waals surface area (Å²) in [7, 11) is -1.21. The zero-order valence-corrected chi connectivity index (χ0v) is 27.9. The molecule has 3 aromatic rings. The fourth-order valence-electron chi connectivity index (χ4n) is 5.91. The van der Waals surface area contributed by atoms with Crippen LogP contribution >= 0.6 is 0 Å². The zero-order chi connectivity index (χ0) is 31.8. The van der Waals surface area contributed by atoms with Crippen molar-refractivity contribution in [2.24, 2.45) is 17.8 Å². The summed E-state index contributed by atoms with van der Waals surface area (Å²) in [5.74, 6) is -0.680. The first-order chi connectivity index (χ1) is 20.8. The Morgan fingerprint density at radius 3 is 2.41 bits per heavy atom. The Kier molecular flexibility index (Phi) is 9.40. The van der Waals surface area contributed by atoms with Gasteiger partial charge in [0.05, 0.1) is 11.4 Å². The molecule has 44 heavy (non-hydrogen) atoms. The lowest BCUT2D eigenvalue weighted by molar-refractivity contribution is -0.119. The van der Waals surface area contributed by atoms with Gasteiger partial charge in [0.25, 0.3) is 5.91 Å². The van der Waals surface area contributed by atoms with Crippen molar-refractivity contribution in [3.05, 3.63) is 47.0 Å². The van der Waals surface area contributed by atoms with Crippen molar-refractivity contribution in [2.75, 3.05) is 11.9 Å². The predicted octanol–water partition coefficient (Wildman–Crippen LogP) is 6.30. The molecular weight excluding hydrogens is 579 g/mol. The molecular formula is C32H45FN6O4Si. The van der Waals surface area contributed by atoms with Crippen molar-refractivity contribution in [3.8, 4) is 11.1 Å². The van der Waals surface area contributed by atoms with Crippen LogP contribution in [0.3, 0.4) is 0 Å². The van der Waals surface area contributed by atoms with Crippen LogP contribution in [-0.2, 0) is 16.3 Å². The van der Waals surface area contributed by atoms with E-state index < -0.39 is 31.9 Å². The van der Waals surface area contributed by atoms with Crippen LogP contribution in [0.4, 0.5) is 10.2 Å². The Morgan fingerprint density at radius 1 is 1.14 bits per heavy atom. The summed E-state index contributed by atoms with van der Waals surface area (Å²) >= 11 is 0. The van der Waals surface area contributed by atoms with Gasteiger partial charge in [-0.2, -0.15) is 9.49 Å². The lowest BCUT2D eigenvalue weighted by Crippen LogP contribution is -2.50. The Morgan fingerprint density at radius 2 is 1.82 bits per heavy atom. The van der Waals surface area contributed by atoms with Gasteiger partial charge in [0, 0.05) is 31.5 Å². The molecule has 2 aliphatic carbocycles. The second kappa shape index (κ2) is 12.9. The van der Waals surface area contributed by atoms with E-state index in [2.05, 4.69) is 45.5 Å². The second-order valence-electron chi connectivity index (χ2n) is 13.9. The molecule has 238 valence electrons. The number of aryl methyl sites for hydroxylation is 1. The standard InChI is InChI=1S/C32H45FN6O4Si/c1-18(2)28-24(16-43-38-28)31(40)36-29(27(21-8-9-21)22-10-11-22)32(41)35-25-13-12-23(30(33)34-25)26-19(3)37-39(20(26)4)17-42-14-15-44(5,6)7/h12-13,16,18,21-22,27,29H,8-11,14-15,17H2,1-7H3,(H,36,40)(H,34,35,41)/t29-/m0/s1. The minimum Gasteiger partial charge on any atom is -0.364 e. The van der Waals surface area contributed by atoms with Gasteiger partial charge in [0.15, 0.2) is 0 Å². The number of ether oxygens (including phenoxy) is 1. The van der Waals surface area contributed by atoms with Crippen LogP contribution in [0.15, 0.2) is 22.9 Å². The summed E-state index contributed by atoms with van der Waals surface area (Å²) in [4.78, 5) is 31.2. The predicted molar refractivity (Wildman–Crippen MR) is 168 cm³/mol. The number of nitrogens with zero attached hydrogens (tertiary/aromatic N) is 4. The number of amides is 2. The van der Waals surface area contributed by atoms with Crippen molar-refractivity contribution < 1.29 is 23.2 Å². The van der Waals surface area contributed by atoms with Gasteiger partial charge < -0.3 is 19.9 Å². The average molecular weight is 625 g/mol. The van der Waals surface area contributed by atoms with Gasteiger partial charge in [0.2, 0.25) is 11.9 Å². The first kappa shape index (κ1) is 32.0. The zero-order valence-electron chi connectivity index (χ0n) is 26.9. The molecule has 0 bridgehead atoms. The number of rotatable bonds is 14. The maximum Gasteiger partial charge on any atom is 0.257 e. The molecule has 0 radical (unpaired) electrons. The van der Waals surface area contributed by atoms with Crippen LogP contribution in [0, 0.1) is 37.5 Å². The molecule has 2 amide bonds. The van der Waals surface area contributed by atoms with E-state index in [-0.39, 0.29) is 17.7 Å². The van der Waals surface area contributed by atoms with Gasteiger partial charge >= 0.3 is 0 Å². The van der Waals surface area contributed by atoms with Crippen molar-refractivity contribution in [1.29, 1.82) is 0 Å². The highest BCUT2D eigenvalue weighted by Gasteiger charge is 2.48. The fraction of sp³-hybridized carbons (Fsp3) is 0.594. The SMILES string of the molecule is Cc1nn(COCC[Si](C)(C)C)c(C)c1-c1ccc(NC(=O)[C@@H](NC(=O)c2conc2C(C)C)C(C2CC2)C2CC2)nc1F. The third-order valence-electron chi connectivity index (χ3n) is 8.64. The molecule has 1 atom stereocenters. The Bertz CT molecular complexity index is 1490. The van der Waals surface area contributed by atoms with Gasteiger partial charge in [-0.05, 0) is 81.4 Å². The van der Waals surface area contributed by atoms with Crippen LogP contribution in [0.25, 0.3) is 11.1 Å². The quantitative estimate of drug-likeness (QED) is 0.123. The highest BCUT2D eigenvalue weighted by Crippen LogP contribution is 2.51. The van der Waals surface area contributed by atoms with E-state index in [1.54, 1.807) is 16.8 Å². The Balaban J connectivity index is 1.32. The summed E-state index contributed by atoms with van der Waals surface area (Å²) in [5.41, 5.74) is 3.28. The second-order valence-corrected chi connectivity index (χ2v) is 19.5. The molecule has 0 spiro atoms. The number of nitrogens with one attached hydrogen (secondary N) is 2. The highest BCUT2D eigenvalue weighted by atomic mass is 28.3.